The molecule has 0 unspecified atom stereocenters. The van der Waals surface area contributed by atoms with Gasteiger partial charge in [-0.15, -0.1) is 24.0 Å². The van der Waals surface area contributed by atoms with Gasteiger partial charge in [-0.2, -0.15) is 5.10 Å². The molecule has 1 saturated carbocycles. The summed E-state index contributed by atoms with van der Waals surface area (Å²) < 4.78 is 1.78. The van der Waals surface area contributed by atoms with E-state index in [-0.39, 0.29) is 24.0 Å². The van der Waals surface area contributed by atoms with E-state index in [9.17, 15) is 0 Å². The summed E-state index contributed by atoms with van der Waals surface area (Å²) in [6.07, 6.45) is 11.0. The van der Waals surface area contributed by atoms with Crippen molar-refractivity contribution in [3.8, 4) is 0 Å². The molecular weight excluding hydrogens is 429 g/mol. The fourth-order valence-corrected chi connectivity index (χ4v) is 3.89. The summed E-state index contributed by atoms with van der Waals surface area (Å²) in [7, 11) is 3.73. The maximum absolute atomic E-state index is 4.34. The molecule has 0 atom stereocenters. The molecule has 1 aromatic heterocycles. The number of likely N-dealkylation sites (tertiary alicyclic amines) is 1. The number of nitrogens with one attached hydrogen (secondary N) is 2. The van der Waals surface area contributed by atoms with Crippen molar-refractivity contribution < 1.29 is 0 Å². The van der Waals surface area contributed by atoms with Gasteiger partial charge in [-0.25, -0.2) is 4.98 Å². The molecule has 2 heterocycles. The van der Waals surface area contributed by atoms with Crippen molar-refractivity contribution in [1.29, 1.82) is 0 Å². The van der Waals surface area contributed by atoms with E-state index >= 15 is 0 Å². The van der Waals surface area contributed by atoms with Gasteiger partial charge in [0.25, 0.3) is 0 Å². The lowest BCUT2D eigenvalue weighted by molar-refractivity contribution is 0.119. The van der Waals surface area contributed by atoms with Crippen LogP contribution in [0.15, 0.2) is 11.3 Å². The lowest BCUT2D eigenvalue weighted by atomic mass is 9.92. The molecule has 0 radical (unpaired) electrons. The summed E-state index contributed by atoms with van der Waals surface area (Å²) in [4.78, 5) is 11.3. The monoisotopic (exact) mass is 461 g/mol. The van der Waals surface area contributed by atoms with Gasteiger partial charge in [-0.3, -0.25) is 9.67 Å². The van der Waals surface area contributed by atoms with Crippen LogP contribution in [-0.4, -0.2) is 57.8 Å². The van der Waals surface area contributed by atoms with E-state index in [0.717, 1.165) is 17.8 Å². The number of rotatable bonds is 4. The van der Waals surface area contributed by atoms with Crippen LogP contribution in [0.2, 0.25) is 0 Å². The second kappa shape index (κ2) is 10.3. The van der Waals surface area contributed by atoms with E-state index in [1.54, 1.807) is 11.0 Å². The topological polar surface area (TPSA) is 70.4 Å². The molecular formula is C17H32IN7. The van der Waals surface area contributed by atoms with Crippen LogP contribution >= 0.6 is 24.0 Å². The molecule has 2 fully saturated rings. The highest BCUT2D eigenvalue weighted by molar-refractivity contribution is 14.0. The number of aromatic nitrogens is 3. The highest BCUT2D eigenvalue weighted by Crippen LogP contribution is 2.25. The minimum atomic E-state index is 0. The van der Waals surface area contributed by atoms with E-state index in [4.69, 9.17) is 0 Å². The molecule has 1 aliphatic carbocycles. The zero-order valence-electron chi connectivity index (χ0n) is 15.4. The van der Waals surface area contributed by atoms with Crippen molar-refractivity contribution in [2.75, 3.05) is 20.1 Å². The molecule has 0 amide bonds. The van der Waals surface area contributed by atoms with Crippen LogP contribution in [0, 0.1) is 0 Å². The normalized spacial score (nSPS) is 21.0. The third-order valence-electron chi connectivity index (χ3n) is 5.40. The van der Waals surface area contributed by atoms with Crippen LogP contribution < -0.4 is 10.6 Å². The molecule has 2 aliphatic rings. The van der Waals surface area contributed by atoms with Crippen molar-refractivity contribution in [3.05, 3.63) is 12.2 Å². The van der Waals surface area contributed by atoms with E-state index in [2.05, 4.69) is 30.6 Å². The largest absolute Gasteiger partial charge is 0.354 e. The van der Waals surface area contributed by atoms with Crippen molar-refractivity contribution >= 4 is 29.9 Å². The van der Waals surface area contributed by atoms with Crippen LogP contribution in [0.1, 0.15) is 50.8 Å². The third kappa shape index (κ3) is 5.80. The van der Waals surface area contributed by atoms with Gasteiger partial charge < -0.3 is 15.5 Å². The number of hydrogen-bond acceptors (Lipinski definition) is 4. The molecule has 0 bridgehead atoms. The SMILES string of the molecule is CN=C(NCc1ncnn1C)NC1CCN(C2CCCCC2)CC1.I. The van der Waals surface area contributed by atoms with Gasteiger partial charge in [0.2, 0.25) is 0 Å². The molecule has 3 rings (SSSR count). The second-order valence-electron chi connectivity index (χ2n) is 6.97. The highest BCUT2D eigenvalue weighted by Gasteiger charge is 2.26. The Morgan fingerprint density at radius 2 is 1.92 bits per heavy atom. The zero-order chi connectivity index (χ0) is 16.8. The summed E-state index contributed by atoms with van der Waals surface area (Å²) in [6, 6.07) is 1.35. The Balaban J connectivity index is 0.00000225. The molecule has 2 N–H and O–H groups in total. The quantitative estimate of drug-likeness (QED) is 0.407. The van der Waals surface area contributed by atoms with Gasteiger partial charge in [0.05, 0.1) is 6.54 Å². The molecule has 7 nitrogen and oxygen atoms in total. The average molecular weight is 461 g/mol. The maximum Gasteiger partial charge on any atom is 0.191 e. The Labute approximate surface area is 168 Å². The molecule has 1 aliphatic heterocycles. The minimum absolute atomic E-state index is 0. The smallest absolute Gasteiger partial charge is 0.191 e. The Bertz CT molecular complexity index is 531. The Kier molecular flexibility index (Phi) is 8.41. The predicted molar refractivity (Wildman–Crippen MR) is 111 cm³/mol. The van der Waals surface area contributed by atoms with Gasteiger partial charge >= 0.3 is 0 Å². The Hall–Kier alpha value is -0.900. The maximum atomic E-state index is 4.34. The second-order valence-corrected chi connectivity index (χ2v) is 6.97. The van der Waals surface area contributed by atoms with Gasteiger partial charge in [-0.05, 0) is 25.7 Å². The molecule has 25 heavy (non-hydrogen) atoms. The first-order valence-electron chi connectivity index (χ1n) is 9.30. The molecule has 1 aromatic rings. The summed E-state index contributed by atoms with van der Waals surface area (Å²) in [5.41, 5.74) is 0. The standard InChI is InChI=1S/C17H31N7.HI/c1-18-17(19-12-16-20-13-21-23(16)2)22-14-8-10-24(11-9-14)15-6-4-3-5-7-15;/h13-15H,3-12H2,1-2H3,(H2,18,19,22);1H. The van der Waals surface area contributed by atoms with Crippen molar-refractivity contribution in [3.63, 3.8) is 0 Å². The highest BCUT2D eigenvalue weighted by atomic mass is 127. The number of halogens is 1. The van der Waals surface area contributed by atoms with Crippen LogP contribution in [0.3, 0.4) is 0 Å². The van der Waals surface area contributed by atoms with E-state index in [1.165, 1.54) is 58.0 Å². The zero-order valence-corrected chi connectivity index (χ0v) is 17.8. The van der Waals surface area contributed by atoms with Crippen molar-refractivity contribution in [2.24, 2.45) is 12.0 Å². The van der Waals surface area contributed by atoms with Gasteiger partial charge in [0, 0.05) is 39.3 Å². The van der Waals surface area contributed by atoms with Crippen molar-refractivity contribution in [1.82, 2.24) is 30.3 Å². The van der Waals surface area contributed by atoms with Crippen LogP contribution in [0.4, 0.5) is 0 Å². The number of hydrogen-bond donors (Lipinski definition) is 2. The molecule has 1 saturated heterocycles. The Morgan fingerprint density at radius 3 is 2.52 bits per heavy atom. The summed E-state index contributed by atoms with van der Waals surface area (Å²) in [5.74, 6) is 1.76. The third-order valence-corrected chi connectivity index (χ3v) is 5.40. The number of guanidine groups is 1. The first-order valence-corrected chi connectivity index (χ1v) is 9.30. The van der Waals surface area contributed by atoms with Gasteiger partial charge in [0.15, 0.2) is 5.96 Å². The fraction of sp³-hybridized carbons (Fsp3) is 0.824. The molecule has 142 valence electrons. The Morgan fingerprint density at radius 1 is 1.20 bits per heavy atom. The van der Waals surface area contributed by atoms with E-state index < -0.39 is 0 Å². The lowest BCUT2D eigenvalue weighted by Crippen LogP contribution is -2.50. The number of nitrogens with zero attached hydrogens (tertiary/aromatic N) is 5. The lowest BCUT2D eigenvalue weighted by Gasteiger charge is -2.39. The number of aliphatic imine (C=N–C) groups is 1. The minimum Gasteiger partial charge on any atom is -0.354 e. The van der Waals surface area contributed by atoms with Gasteiger partial charge in [-0.1, -0.05) is 19.3 Å². The van der Waals surface area contributed by atoms with Gasteiger partial charge in [0.1, 0.15) is 12.2 Å². The first-order chi connectivity index (χ1) is 11.8. The van der Waals surface area contributed by atoms with Crippen molar-refractivity contribution in [2.45, 2.75) is 63.6 Å². The molecule has 0 spiro atoms. The molecule has 0 aromatic carbocycles. The average Bonchev–Trinajstić information content (AvgIpc) is 3.05. The first kappa shape index (κ1) is 20.4. The van der Waals surface area contributed by atoms with E-state index in [1.807, 2.05) is 14.1 Å². The van der Waals surface area contributed by atoms with Crippen LogP contribution in [0.25, 0.3) is 0 Å². The summed E-state index contributed by atoms with van der Waals surface area (Å²) in [5, 5.41) is 11.0. The van der Waals surface area contributed by atoms with Crippen LogP contribution in [0.5, 0.6) is 0 Å². The number of aryl methyl sites for hydroxylation is 1. The number of piperidine rings is 1. The molecule has 8 heteroatoms. The predicted octanol–water partition coefficient (Wildman–Crippen LogP) is 1.90. The fourth-order valence-electron chi connectivity index (χ4n) is 3.89. The summed E-state index contributed by atoms with van der Waals surface area (Å²) >= 11 is 0. The summed E-state index contributed by atoms with van der Waals surface area (Å²) in [6.45, 7) is 3.06. The van der Waals surface area contributed by atoms with Crippen LogP contribution in [-0.2, 0) is 13.6 Å². The van der Waals surface area contributed by atoms with E-state index in [0.29, 0.717) is 12.6 Å².